The number of nitrogens with two attached hydrogens (primary N) is 1. The summed E-state index contributed by atoms with van der Waals surface area (Å²) in [4.78, 5) is 16.8. The van der Waals surface area contributed by atoms with E-state index in [2.05, 4.69) is 4.98 Å². The first kappa shape index (κ1) is 13.1. The predicted octanol–water partition coefficient (Wildman–Crippen LogP) is 3.05. The Labute approximate surface area is 124 Å². The van der Waals surface area contributed by atoms with Crippen molar-refractivity contribution >= 4 is 38.8 Å². The molecule has 0 saturated heterocycles. The van der Waals surface area contributed by atoms with Crippen LogP contribution in [-0.4, -0.2) is 9.55 Å². The second kappa shape index (κ2) is 4.92. The highest BCUT2D eigenvalue weighted by Crippen LogP contribution is 2.23. The average molecular weight is 306 g/mol. The second-order valence-corrected chi connectivity index (χ2v) is 5.87. The molecule has 0 saturated carbocycles. The van der Waals surface area contributed by atoms with Gasteiger partial charge in [0.05, 0.1) is 18.4 Å². The molecule has 0 unspecified atom stereocenters. The lowest BCUT2D eigenvalue weighted by Gasteiger charge is -2.10. The predicted molar refractivity (Wildman–Crippen MR) is 83.6 cm³/mol. The van der Waals surface area contributed by atoms with E-state index in [1.54, 1.807) is 24.5 Å². The Bertz CT molecular complexity index is 833. The number of hydrogen-bond donors (Lipinski definition) is 1. The fourth-order valence-electron chi connectivity index (χ4n) is 2.09. The van der Waals surface area contributed by atoms with E-state index in [0.29, 0.717) is 22.0 Å². The third-order valence-corrected chi connectivity index (χ3v) is 4.64. The van der Waals surface area contributed by atoms with Crippen LogP contribution in [0, 0.1) is 6.92 Å². The van der Waals surface area contributed by atoms with Crippen molar-refractivity contribution in [3.8, 4) is 0 Å². The SMILES string of the molecule is Cc1csc2c(=O)n(Cc3c(N)cccc3Cl)cnc12. The molecular formula is C14H12ClN3OS. The molecule has 6 heteroatoms. The van der Waals surface area contributed by atoms with Crippen LogP contribution >= 0.6 is 22.9 Å². The number of nitrogen functional groups attached to an aromatic ring is 1. The number of anilines is 1. The maximum absolute atomic E-state index is 12.4. The van der Waals surface area contributed by atoms with Gasteiger partial charge in [-0.05, 0) is 30.0 Å². The molecular weight excluding hydrogens is 294 g/mol. The molecule has 2 aromatic heterocycles. The van der Waals surface area contributed by atoms with Gasteiger partial charge < -0.3 is 5.73 Å². The minimum absolute atomic E-state index is 0.0626. The number of nitrogens with zero attached hydrogens (tertiary/aromatic N) is 2. The van der Waals surface area contributed by atoms with Gasteiger partial charge in [0.1, 0.15) is 4.70 Å². The van der Waals surface area contributed by atoms with E-state index in [1.165, 1.54) is 15.9 Å². The van der Waals surface area contributed by atoms with Gasteiger partial charge in [0.15, 0.2) is 0 Å². The molecule has 20 heavy (non-hydrogen) atoms. The molecule has 0 aliphatic heterocycles. The number of thiophene rings is 1. The third kappa shape index (κ3) is 2.09. The minimum Gasteiger partial charge on any atom is -0.398 e. The first-order chi connectivity index (χ1) is 9.58. The summed E-state index contributed by atoms with van der Waals surface area (Å²) in [6.45, 7) is 2.27. The van der Waals surface area contributed by atoms with E-state index in [0.717, 1.165) is 16.6 Å². The highest BCUT2D eigenvalue weighted by molar-refractivity contribution is 7.17. The van der Waals surface area contributed by atoms with Crippen molar-refractivity contribution < 1.29 is 0 Å². The van der Waals surface area contributed by atoms with Crippen molar-refractivity contribution in [2.75, 3.05) is 5.73 Å². The lowest BCUT2D eigenvalue weighted by molar-refractivity contribution is 0.751. The van der Waals surface area contributed by atoms with E-state index in [1.807, 2.05) is 12.3 Å². The number of aryl methyl sites for hydroxylation is 1. The Morgan fingerprint density at radius 3 is 3.00 bits per heavy atom. The van der Waals surface area contributed by atoms with Crippen molar-refractivity contribution in [1.82, 2.24) is 9.55 Å². The monoisotopic (exact) mass is 305 g/mol. The van der Waals surface area contributed by atoms with Crippen molar-refractivity contribution in [2.45, 2.75) is 13.5 Å². The van der Waals surface area contributed by atoms with E-state index >= 15 is 0 Å². The number of halogens is 1. The fourth-order valence-corrected chi connectivity index (χ4v) is 3.28. The van der Waals surface area contributed by atoms with Gasteiger partial charge in [-0.3, -0.25) is 9.36 Å². The Morgan fingerprint density at radius 2 is 2.25 bits per heavy atom. The zero-order valence-corrected chi connectivity index (χ0v) is 12.3. The molecule has 0 atom stereocenters. The van der Waals surface area contributed by atoms with Gasteiger partial charge in [0.2, 0.25) is 0 Å². The normalized spacial score (nSPS) is 11.1. The number of aromatic nitrogens is 2. The Kier molecular flexibility index (Phi) is 3.23. The minimum atomic E-state index is -0.0626. The lowest BCUT2D eigenvalue weighted by atomic mass is 10.2. The molecule has 0 bridgehead atoms. The maximum atomic E-state index is 12.4. The van der Waals surface area contributed by atoms with Crippen LogP contribution in [0.4, 0.5) is 5.69 Å². The van der Waals surface area contributed by atoms with Crippen molar-refractivity contribution in [3.05, 3.63) is 56.4 Å². The molecule has 0 spiro atoms. The van der Waals surface area contributed by atoms with E-state index in [9.17, 15) is 4.79 Å². The molecule has 0 aliphatic carbocycles. The van der Waals surface area contributed by atoms with E-state index in [4.69, 9.17) is 17.3 Å². The lowest BCUT2D eigenvalue weighted by Crippen LogP contribution is -2.21. The first-order valence-electron chi connectivity index (χ1n) is 6.04. The fraction of sp³-hybridized carbons (Fsp3) is 0.143. The Morgan fingerprint density at radius 1 is 1.45 bits per heavy atom. The average Bonchev–Trinajstić information content (AvgIpc) is 2.79. The molecule has 0 aliphatic rings. The van der Waals surface area contributed by atoms with Gasteiger partial charge in [0, 0.05) is 16.3 Å². The number of rotatable bonds is 2. The zero-order chi connectivity index (χ0) is 14.3. The first-order valence-corrected chi connectivity index (χ1v) is 7.30. The largest absolute Gasteiger partial charge is 0.398 e. The van der Waals surface area contributed by atoms with Crippen molar-refractivity contribution in [3.63, 3.8) is 0 Å². The van der Waals surface area contributed by atoms with Crippen LogP contribution in [0.25, 0.3) is 10.2 Å². The molecule has 0 fully saturated rings. The molecule has 1 aromatic carbocycles. The van der Waals surface area contributed by atoms with Crippen LogP contribution < -0.4 is 11.3 Å². The molecule has 3 aromatic rings. The smallest absolute Gasteiger partial charge is 0.271 e. The van der Waals surface area contributed by atoms with Crippen LogP contribution in [0.2, 0.25) is 5.02 Å². The van der Waals surface area contributed by atoms with Gasteiger partial charge >= 0.3 is 0 Å². The van der Waals surface area contributed by atoms with Crippen LogP contribution in [0.3, 0.4) is 0 Å². The van der Waals surface area contributed by atoms with Gasteiger partial charge in [-0.1, -0.05) is 17.7 Å². The van der Waals surface area contributed by atoms with Gasteiger partial charge in [0.25, 0.3) is 5.56 Å². The summed E-state index contributed by atoms with van der Waals surface area (Å²) in [6.07, 6.45) is 1.55. The number of fused-ring (bicyclic) bond motifs is 1. The van der Waals surface area contributed by atoms with E-state index in [-0.39, 0.29) is 5.56 Å². The zero-order valence-electron chi connectivity index (χ0n) is 10.8. The van der Waals surface area contributed by atoms with Crippen LogP contribution in [0.15, 0.2) is 34.7 Å². The van der Waals surface area contributed by atoms with Crippen LogP contribution in [0.5, 0.6) is 0 Å². The van der Waals surface area contributed by atoms with Crippen LogP contribution in [-0.2, 0) is 6.54 Å². The summed E-state index contributed by atoms with van der Waals surface area (Å²) in [5.41, 5.74) is 8.96. The summed E-state index contributed by atoms with van der Waals surface area (Å²) in [5.74, 6) is 0. The molecule has 0 radical (unpaired) electrons. The summed E-state index contributed by atoms with van der Waals surface area (Å²) in [7, 11) is 0. The molecule has 102 valence electrons. The quantitative estimate of drug-likeness (QED) is 0.740. The van der Waals surface area contributed by atoms with Gasteiger partial charge in [-0.2, -0.15) is 0 Å². The highest BCUT2D eigenvalue weighted by atomic mass is 35.5. The highest BCUT2D eigenvalue weighted by Gasteiger charge is 2.11. The van der Waals surface area contributed by atoms with Crippen LogP contribution in [0.1, 0.15) is 11.1 Å². The molecule has 3 rings (SSSR count). The number of benzene rings is 1. The third-order valence-electron chi connectivity index (χ3n) is 3.21. The Balaban J connectivity index is 2.12. The topological polar surface area (TPSA) is 60.9 Å². The van der Waals surface area contributed by atoms with Gasteiger partial charge in [-0.25, -0.2) is 4.98 Å². The molecule has 0 amide bonds. The van der Waals surface area contributed by atoms with Gasteiger partial charge in [-0.15, -0.1) is 11.3 Å². The van der Waals surface area contributed by atoms with Crippen molar-refractivity contribution in [2.24, 2.45) is 0 Å². The summed E-state index contributed by atoms with van der Waals surface area (Å²) in [6, 6.07) is 5.32. The Hall–Kier alpha value is -1.85. The molecule has 2 N–H and O–H groups in total. The maximum Gasteiger partial charge on any atom is 0.271 e. The van der Waals surface area contributed by atoms with E-state index < -0.39 is 0 Å². The molecule has 4 nitrogen and oxygen atoms in total. The summed E-state index contributed by atoms with van der Waals surface area (Å²) < 4.78 is 2.20. The standard InChI is InChI=1S/C14H12ClN3OS/c1-8-6-20-13-12(8)17-7-18(14(13)19)5-9-10(15)3-2-4-11(9)16/h2-4,6-7H,5,16H2,1H3. The summed E-state index contributed by atoms with van der Waals surface area (Å²) in [5, 5.41) is 2.49. The number of hydrogen-bond acceptors (Lipinski definition) is 4. The van der Waals surface area contributed by atoms with Crippen molar-refractivity contribution in [1.29, 1.82) is 0 Å². The summed E-state index contributed by atoms with van der Waals surface area (Å²) >= 11 is 7.55. The second-order valence-electron chi connectivity index (χ2n) is 4.58. The molecule has 2 heterocycles.